The Labute approximate surface area is 114 Å². The van der Waals surface area contributed by atoms with Gasteiger partial charge in [-0.25, -0.2) is 4.39 Å². The standard InChI is InChI=1S/C15H19ClFN/c1-3-5-6-7-15(18-10-4-2)12-8-9-14(17)13(16)11-12/h1,8-9,11,15,18H,4-7,10H2,2H3. The maximum atomic E-state index is 13.1. The average molecular weight is 268 g/mol. The second kappa shape index (κ2) is 8.13. The molecular weight excluding hydrogens is 249 g/mol. The molecule has 1 aromatic rings. The molecule has 0 fully saturated rings. The van der Waals surface area contributed by atoms with Crippen molar-refractivity contribution in [2.45, 2.75) is 38.6 Å². The smallest absolute Gasteiger partial charge is 0.141 e. The molecule has 0 spiro atoms. The molecule has 1 N–H and O–H groups in total. The summed E-state index contributed by atoms with van der Waals surface area (Å²) in [5.41, 5.74) is 1.02. The third-order valence-electron chi connectivity index (χ3n) is 2.80. The van der Waals surface area contributed by atoms with E-state index in [2.05, 4.69) is 18.2 Å². The molecule has 1 aromatic carbocycles. The Morgan fingerprint density at radius 2 is 2.28 bits per heavy atom. The minimum absolute atomic E-state index is 0.174. The number of hydrogen-bond donors (Lipinski definition) is 1. The van der Waals surface area contributed by atoms with Crippen molar-refractivity contribution >= 4 is 11.6 Å². The predicted octanol–water partition coefficient (Wildman–Crippen LogP) is 4.32. The Morgan fingerprint density at radius 3 is 2.89 bits per heavy atom. The number of halogens is 2. The first kappa shape index (κ1) is 15.0. The summed E-state index contributed by atoms with van der Waals surface area (Å²) < 4.78 is 13.1. The number of unbranched alkanes of at least 4 members (excludes halogenated alkanes) is 1. The van der Waals surface area contributed by atoms with E-state index < -0.39 is 0 Å². The molecule has 0 bridgehead atoms. The fourth-order valence-corrected chi connectivity index (χ4v) is 2.03. The van der Waals surface area contributed by atoms with Gasteiger partial charge in [-0.05, 0) is 43.5 Å². The monoisotopic (exact) mass is 267 g/mol. The summed E-state index contributed by atoms with van der Waals surface area (Å²) in [6.07, 6.45) is 8.96. The maximum Gasteiger partial charge on any atom is 0.141 e. The minimum Gasteiger partial charge on any atom is -0.310 e. The fraction of sp³-hybridized carbons (Fsp3) is 0.467. The highest BCUT2D eigenvalue weighted by atomic mass is 35.5. The van der Waals surface area contributed by atoms with Crippen LogP contribution in [0.3, 0.4) is 0 Å². The van der Waals surface area contributed by atoms with E-state index in [0.29, 0.717) is 0 Å². The van der Waals surface area contributed by atoms with E-state index >= 15 is 0 Å². The van der Waals surface area contributed by atoms with Crippen LogP contribution in [0.1, 0.15) is 44.2 Å². The van der Waals surface area contributed by atoms with Crippen LogP contribution >= 0.6 is 11.6 Å². The van der Waals surface area contributed by atoms with Gasteiger partial charge in [0, 0.05) is 12.5 Å². The van der Waals surface area contributed by atoms with E-state index in [9.17, 15) is 4.39 Å². The fourth-order valence-electron chi connectivity index (χ4n) is 1.84. The molecule has 1 nitrogen and oxygen atoms in total. The molecule has 98 valence electrons. The number of rotatable bonds is 7. The number of benzene rings is 1. The lowest BCUT2D eigenvalue weighted by atomic mass is 10.0. The van der Waals surface area contributed by atoms with Crippen LogP contribution in [0.5, 0.6) is 0 Å². The second-order valence-corrected chi connectivity index (χ2v) is 4.68. The summed E-state index contributed by atoms with van der Waals surface area (Å²) in [5, 5.41) is 3.62. The molecule has 0 saturated heterocycles. The number of nitrogens with one attached hydrogen (secondary N) is 1. The summed E-state index contributed by atoms with van der Waals surface area (Å²) in [7, 11) is 0. The Kier molecular flexibility index (Phi) is 6.78. The molecular formula is C15H19ClFN. The van der Waals surface area contributed by atoms with Gasteiger partial charge in [-0.1, -0.05) is 24.6 Å². The molecule has 0 aliphatic rings. The Balaban J connectivity index is 2.73. The molecule has 1 rings (SSSR count). The Morgan fingerprint density at radius 1 is 1.50 bits per heavy atom. The van der Waals surface area contributed by atoms with Crippen LogP contribution in [0.4, 0.5) is 4.39 Å². The minimum atomic E-state index is -0.377. The normalized spacial score (nSPS) is 12.1. The molecule has 0 radical (unpaired) electrons. The average Bonchev–Trinajstić information content (AvgIpc) is 2.37. The number of terminal acetylenes is 1. The lowest BCUT2D eigenvalue weighted by Crippen LogP contribution is -2.22. The summed E-state index contributed by atoms with van der Waals surface area (Å²) in [4.78, 5) is 0. The maximum absolute atomic E-state index is 13.1. The van der Waals surface area contributed by atoms with Crippen LogP contribution < -0.4 is 5.32 Å². The quantitative estimate of drug-likeness (QED) is 0.573. The van der Waals surface area contributed by atoms with Gasteiger partial charge in [-0.15, -0.1) is 12.3 Å². The Bertz CT molecular complexity index is 411. The van der Waals surface area contributed by atoms with E-state index in [1.54, 1.807) is 12.1 Å². The van der Waals surface area contributed by atoms with Crippen LogP contribution in [0, 0.1) is 18.2 Å². The Hall–Kier alpha value is -1.04. The van der Waals surface area contributed by atoms with E-state index in [0.717, 1.165) is 37.8 Å². The van der Waals surface area contributed by atoms with Gasteiger partial charge in [0.05, 0.1) is 5.02 Å². The first-order valence-corrected chi connectivity index (χ1v) is 6.68. The largest absolute Gasteiger partial charge is 0.310 e. The zero-order chi connectivity index (χ0) is 13.4. The van der Waals surface area contributed by atoms with Gasteiger partial charge in [0.1, 0.15) is 5.82 Å². The van der Waals surface area contributed by atoms with Crippen LogP contribution in [-0.2, 0) is 0 Å². The molecule has 0 amide bonds. The molecule has 0 aliphatic heterocycles. The molecule has 0 saturated carbocycles. The van der Waals surface area contributed by atoms with Crippen molar-refractivity contribution in [2.24, 2.45) is 0 Å². The SMILES string of the molecule is C#CCCCC(NCCC)c1ccc(F)c(Cl)c1. The van der Waals surface area contributed by atoms with Gasteiger partial charge in [-0.3, -0.25) is 0 Å². The van der Waals surface area contributed by atoms with Crippen LogP contribution in [-0.4, -0.2) is 6.54 Å². The van der Waals surface area contributed by atoms with E-state index in [4.69, 9.17) is 18.0 Å². The lowest BCUT2D eigenvalue weighted by molar-refractivity contribution is 0.486. The van der Waals surface area contributed by atoms with E-state index in [-0.39, 0.29) is 16.9 Å². The van der Waals surface area contributed by atoms with Crippen molar-refractivity contribution in [2.75, 3.05) is 6.54 Å². The highest BCUT2D eigenvalue weighted by Crippen LogP contribution is 2.24. The summed E-state index contributed by atoms with van der Waals surface area (Å²) >= 11 is 5.82. The van der Waals surface area contributed by atoms with Crippen molar-refractivity contribution in [1.82, 2.24) is 5.32 Å². The molecule has 0 heterocycles. The van der Waals surface area contributed by atoms with Crippen molar-refractivity contribution in [1.29, 1.82) is 0 Å². The van der Waals surface area contributed by atoms with Crippen LogP contribution in [0.15, 0.2) is 18.2 Å². The van der Waals surface area contributed by atoms with Crippen molar-refractivity contribution in [3.8, 4) is 12.3 Å². The van der Waals surface area contributed by atoms with Crippen LogP contribution in [0.25, 0.3) is 0 Å². The number of hydrogen-bond acceptors (Lipinski definition) is 1. The molecule has 1 atom stereocenters. The van der Waals surface area contributed by atoms with Crippen molar-refractivity contribution < 1.29 is 4.39 Å². The summed E-state index contributed by atoms with van der Waals surface area (Å²) in [6.45, 7) is 3.04. The zero-order valence-electron chi connectivity index (χ0n) is 10.7. The highest BCUT2D eigenvalue weighted by molar-refractivity contribution is 6.30. The first-order valence-electron chi connectivity index (χ1n) is 6.30. The topological polar surface area (TPSA) is 12.0 Å². The van der Waals surface area contributed by atoms with Crippen molar-refractivity contribution in [3.05, 3.63) is 34.6 Å². The molecule has 0 aliphatic carbocycles. The summed E-state index contributed by atoms with van der Waals surface area (Å²) in [6, 6.07) is 5.08. The van der Waals surface area contributed by atoms with Gasteiger partial charge >= 0.3 is 0 Å². The van der Waals surface area contributed by atoms with E-state index in [1.165, 1.54) is 6.07 Å². The molecule has 3 heteroatoms. The second-order valence-electron chi connectivity index (χ2n) is 4.28. The zero-order valence-corrected chi connectivity index (χ0v) is 11.4. The third-order valence-corrected chi connectivity index (χ3v) is 3.09. The van der Waals surface area contributed by atoms with Gasteiger partial charge in [0.15, 0.2) is 0 Å². The molecule has 18 heavy (non-hydrogen) atoms. The highest BCUT2D eigenvalue weighted by Gasteiger charge is 2.12. The van der Waals surface area contributed by atoms with Gasteiger partial charge in [0.2, 0.25) is 0 Å². The first-order chi connectivity index (χ1) is 8.69. The van der Waals surface area contributed by atoms with Gasteiger partial charge < -0.3 is 5.32 Å². The predicted molar refractivity (Wildman–Crippen MR) is 75.1 cm³/mol. The van der Waals surface area contributed by atoms with E-state index in [1.807, 2.05) is 0 Å². The van der Waals surface area contributed by atoms with Gasteiger partial charge in [0.25, 0.3) is 0 Å². The van der Waals surface area contributed by atoms with Crippen LogP contribution in [0.2, 0.25) is 5.02 Å². The molecule has 0 aromatic heterocycles. The summed E-state index contributed by atoms with van der Waals surface area (Å²) in [5.74, 6) is 2.26. The lowest BCUT2D eigenvalue weighted by Gasteiger charge is -2.19. The molecule has 1 unspecified atom stereocenters. The van der Waals surface area contributed by atoms with Crippen molar-refractivity contribution in [3.63, 3.8) is 0 Å². The van der Waals surface area contributed by atoms with Gasteiger partial charge in [-0.2, -0.15) is 0 Å². The third kappa shape index (κ3) is 4.68.